The van der Waals surface area contributed by atoms with Crippen LogP contribution >= 0.6 is 0 Å². The van der Waals surface area contributed by atoms with Crippen molar-refractivity contribution < 1.29 is 9.53 Å². The molecule has 0 aliphatic carbocycles. The first kappa shape index (κ1) is 17.4. The van der Waals surface area contributed by atoms with E-state index in [0.29, 0.717) is 11.1 Å². The van der Waals surface area contributed by atoms with Gasteiger partial charge in [0.1, 0.15) is 11.4 Å². The highest BCUT2D eigenvalue weighted by molar-refractivity contribution is 6.09. The van der Waals surface area contributed by atoms with E-state index in [9.17, 15) is 14.4 Å². The molecule has 0 spiro atoms. The van der Waals surface area contributed by atoms with Crippen molar-refractivity contribution >= 4 is 22.8 Å². The Morgan fingerprint density at radius 1 is 1.15 bits per heavy atom. The van der Waals surface area contributed by atoms with E-state index in [-0.39, 0.29) is 29.0 Å². The van der Waals surface area contributed by atoms with Gasteiger partial charge >= 0.3 is 11.7 Å². The van der Waals surface area contributed by atoms with Crippen LogP contribution in [0.5, 0.6) is 0 Å². The maximum atomic E-state index is 12.9. The number of hydrogen-bond donors (Lipinski definition) is 1. The standard InChI is InChI=1S/C18H18N4O4/c1-4-26-17(24)12-11(10-8-6-5-7-9-10)13-15(20-14(12)19)21(2)18(25)22(3)16(13)23/h5-9H,4H2,1-3H3,(H2,19,20). The zero-order chi connectivity index (χ0) is 19.0. The van der Waals surface area contributed by atoms with Crippen LogP contribution in [0.15, 0.2) is 39.9 Å². The second-order valence-electron chi connectivity index (χ2n) is 5.74. The molecule has 0 aliphatic rings. The number of nitrogens with two attached hydrogens (primary N) is 1. The number of rotatable bonds is 3. The maximum absolute atomic E-state index is 12.9. The Balaban J connectivity index is 2.61. The average molecular weight is 354 g/mol. The molecule has 0 amide bonds. The van der Waals surface area contributed by atoms with Crippen molar-refractivity contribution in [3.8, 4) is 11.1 Å². The molecule has 3 aromatic rings. The molecule has 0 unspecified atom stereocenters. The SMILES string of the molecule is CCOC(=O)c1c(N)nc2c(c1-c1ccccc1)c(=O)n(C)c(=O)n2C. The first-order chi connectivity index (χ1) is 12.4. The lowest BCUT2D eigenvalue weighted by Gasteiger charge is -2.16. The zero-order valence-electron chi connectivity index (χ0n) is 14.6. The number of ether oxygens (including phenoxy) is 1. The number of fused-ring (bicyclic) bond motifs is 1. The van der Waals surface area contributed by atoms with Crippen molar-refractivity contribution in [3.05, 3.63) is 56.7 Å². The van der Waals surface area contributed by atoms with Gasteiger partial charge in [0.15, 0.2) is 5.65 Å². The summed E-state index contributed by atoms with van der Waals surface area (Å²) in [7, 11) is 2.87. The highest BCUT2D eigenvalue weighted by Gasteiger charge is 2.25. The molecule has 0 fully saturated rings. The van der Waals surface area contributed by atoms with Gasteiger partial charge in [-0.15, -0.1) is 0 Å². The van der Waals surface area contributed by atoms with Crippen LogP contribution in [0.4, 0.5) is 5.82 Å². The van der Waals surface area contributed by atoms with Crippen LogP contribution in [0.1, 0.15) is 17.3 Å². The maximum Gasteiger partial charge on any atom is 0.342 e. The molecule has 2 N–H and O–H groups in total. The third kappa shape index (κ3) is 2.55. The van der Waals surface area contributed by atoms with Crippen molar-refractivity contribution in [1.29, 1.82) is 0 Å². The van der Waals surface area contributed by atoms with Crippen molar-refractivity contribution in [2.45, 2.75) is 6.92 Å². The Morgan fingerprint density at radius 2 is 1.81 bits per heavy atom. The molecule has 3 rings (SSSR count). The molecule has 0 aliphatic heterocycles. The summed E-state index contributed by atoms with van der Waals surface area (Å²) >= 11 is 0. The van der Waals surface area contributed by atoms with Gasteiger partial charge in [0.2, 0.25) is 0 Å². The number of nitrogens with zero attached hydrogens (tertiary/aromatic N) is 3. The van der Waals surface area contributed by atoms with E-state index in [0.717, 1.165) is 4.57 Å². The third-order valence-electron chi connectivity index (χ3n) is 4.16. The van der Waals surface area contributed by atoms with Crippen LogP contribution in [0.2, 0.25) is 0 Å². The van der Waals surface area contributed by atoms with Gasteiger partial charge in [-0.2, -0.15) is 0 Å². The predicted octanol–water partition coefficient (Wildman–Crippen LogP) is 1.06. The third-order valence-corrected chi connectivity index (χ3v) is 4.16. The lowest BCUT2D eigenvalue weighted by atomic mass is 9.97. The van der Waals surface area contributed by atoms with Crippen LogP contribution in [0, 0.1) is 0 Å². The van der Waals surface area contributed by atoms with Gasteiger partial charge in [-0.05, 0) is 12.5 Å². The highest BCUT2D eigenvalue weighted by Crippen LogP contribution is 2.32. The lowest BCUT2D eigenvalue weighted by Crippen LogP contribution is -2.38. The smallest absolute Gasteiger partial charge is 0.342 e. The monoisotopic (exact) mass is 354 g/mol. The number of carbonyl (C=O) groups excluding carboxylic acids is 1. The average Bonchev–Trinajstić information content (AvgIpc) is 2.64. The fourth-order valence-electron chi connectivity index (χ4n) is 2.91. The number of anilines is 1. The number of hydrogen-bond acceptors (Lipinski definition) is 6. The normalized spacial score (nSPS) is 10.9. The lowest BCUT2D eigenvalue weighted by molar-refractivity contribution is 0.0528. The summed E-state index contributed by atoms with van der Waals surface area (Å²) in [6.07, 6.45) is 0. The molecule has 2 heterocycles. The van der Waals surface area contributed by atoms with E-state index >= 15 is 0 Å². The molecule has 0 radical (unpaired) electrons. The molecule has 0 saturated carbocycles. The predicted molar refractivity (Wildman–Crippen MR) is 98.0 cm³/mol. The van der Waals surface area contributed by atoms with Crippen LogP contribution in [-0.2, 0) is 18.8 Å². The second kappa shape index (κ2) is 6.47. The van der Waals surface area contributed by atoms with E-state index in [1.165, 1.54) is 18.7 Å². The summed E-state index contributed by atoms with van der Waals surface area (Å²) in [6, 6.07) is 8.87. The van der Waals surface area contributed by atoms with Crippen LogP contribution in [0.25, 0.3) is 22.2 Å². The molecule has 0 atom stereocenters. The Kier molecular flexibility index (Phi) is 4.33. The van der Waals surface area contributed by atoms with Gasteiger partial charge in [-0.1, -0.05) is 30.3 Å². The van der Waals surface area contributed by atoms with Gasteiger partial charge in [-0.3, -0.25) is 13.9 Å². The fourth-order valence-corrected chi connectivity index (χ4v) is 2.91. The summed E-state index contributed by atoms with van der Waals surface area (Å²) in [5.41, 5.74) is 5.98. The number of aromatic nitrogens is 3. The number of esters is 1. The second-order valence-corrected chi connectivity index (χ2v) is 5.74. The minimum absolute atomic E-state index is 0.0151. The number of carbonyl (C=O) groups is 1. The van der Waals surface area contributed by atoms with E-state index in [1.807, 2.05) is 6.07 Å². The van der Waals surface area contributed by atoms with Crippen molar-refractivity contribution in [2.75, 3.05) is 12.3 Å². The Labute approximate surface area is 148 Å². The fraction of sp³-hybridized carbons (Fsp3) is 0.222. The molecule has 8 nitrogen and oxygen atoms in total. The summed E-state index contributed by atoms with van der Waals surface area (Å²) in [5.74, 6) is -0.771. The van der Waals surface area contributed by atoms with Crippen molar-refractivity contribution in [3.63, 3.8) is 0 Å². The molecular formula is C18H18N4O4. The number of pyridine rings is 1. The van der Waals surface area contributed by atoms with Gasteiger partial charge < -0.3 is 10.5 Å². The Hall–Kier alpha value is -3.42. The van der Waals surface area contributed by atoms with Crippen LogP contribution in [-0.4, -0.2) is 26.7 Å². The molecule has 0 saturated heterocycles. The van der Waals surface area contributed by atoms with Crippen molar-refractivity contribution in [2.24, 2.45) is 14.1 Å². The first-order valence-electron chi connectivity index (χ1n) is 8.00. The van der Waals surface area contributed by atoms with Gasteiger partial charge in [0, 0.05) is 19.7 Å². The van der Waals surface area contributed by atoms with Gasteiger partial charge in [0.25, 0.3) is 5.56 Å². The number of nitrogen functional groups attached to an aromatic ring is 1. The molecule has 0 bridgehead atoms. The summed E-state index contributed by atoms with van der Waals surface area (Å²) in [5, 5.41) is 0.137. The Bertz CT molecular complexity index is 1130. The van der Waals surface area contributed by atoms with Gasteiger partial charge in [0.05, 0.1) is 12.0 Å². The van der Waals surface area contributed by atoms with Gasteiger partial charge in [-0.25, -0.2) is 14.6 Å². The molecule has 134 valence electrons. The van der Waals surface area contributed by atoms with E-state index in [1.54, 1.807) is 31.2 Å². The number of benzene rings is 1. The van der Waals surface area contributed by atoms with Crippen molar-refractivity contribution in [1.82, 2.24) is 14.1 Å². The quantitative estimate of drug-likeness (QED) is 0.704. The first-order valence-corrected chi connectivity index (χ1v) is 8.00. The summed E-state index contributed by atoms with van der Waals surface area (Å²) in [4.78, 5) is 41.8. The summed E-state index contributed by atoms with van der Waals surface area (Å²) in [6.45, 7) is 1.82. The molecule has 1 aromatic carbocycles. The van der Waals surface area contributed by atoms with Crippen LogP contribution in [0.3, 0.4) is 0 Å². The summed E-state index contributed by atoms with van der Waals surface area (Å²) < 4.78 is 7.31. The topological polar surface area (TPSA) is 109 Å². The number of aryl methyl sites for hydroxylation is 1. The molecular weight excluding hydrogens is 336 g/mol. The largest absolute Gasteiger partial charge is 0.462 e. The Morgan fingerprint density at radius 3 is 2.42 bits per heavy atom. The minimum atomic E-state index is -0.672. The molecule has 2 aromatic heterocycles. The minimum Gasteiger partial charge on any atom is -0.462 e. The zero-order valence-corrected chi connectivity index (χ0v) is 14.6. The highest BCUT2D eigenvalue weighted by atomic mass is 16.5. The van der Waals surface area contributed by atoms with Crippen LogP contribution < -0.4 is 17.0 Å². The molecule has 26 heavy (non-hydrogen) atoms. The van der Waals surface area contributed by atoms with E-state index < -0.39 is 17.2 Å². The molecule has 8 heteroatoms. The van der Waals surface area contributed by atoms with E-state index in [2.05, 4.69) is 4.98 Å². The van der Waals surface area contributed by atoms with E-state index in [4.69, 9.17) is 10.5 Å².